The quantitative estimate of drug-likeness (QED) is 0.828. The summed E-state index contributed by atoms with van der Waals surface area (Å²) in [4.78, 5) is 12.1. The fraction of sp³-hybridized carbons (Fsp3) is 0.308. The van der Waals surface area contributed by atoms with Crippen LogP contribution >= 0.6 is 0 Å². The number of rotatable bonds is 2. The van der Waals surface area contributed by atoms with Crippen LogP contribution in [0, 0.1) is 0 Å². The molecule has 0 saturated heterocycles. The molecule has 0 unspecified atom stereocenters. The number of pyridine rings is 1. The topological polar surface area (TPSA) is 48.0 Å². The SMILES string of the molecule is NCc1cn(C2CC2)c2ccccc2c1=O. The average Bonchev–Trinajstić information content (AvgIpc) is 3.14. The van der Waals surface area contributed by atoms with Crippen LogP contribution in [0.4, 0.5) is 0 Å². The van der Waals surface area contributed by atoms with E-state index in [9.17, 15) is 4.79 Å². The second-order valence-corrected chi connectivity index (χ2v) is 4.34. The van der Waals surface area contributed by atoms with Crippen LogP contribution < -0.4 is 11.2 Å². The van der Waals surface area contributed by atoms with E-state index < -0.39 is 0 Å². The third-order valence-electron chi connectivity index (χ3n) is 3.17. The molecule has 1 heterocycles. The molecule has 1 aromatic carbocycles. The lowest BCUT2D eigenvalue weighted by Crippen LogP contribution is -2.17. The molecular weight excluding hydrogens is 200 g/mol. The number of hydrogen-bond donors (Lipinski definition) is 1. The van der Waals surface area contributed by atoms with Crippen molar-refractivity contribution in [3.63, 3.8) is 0 Å². The van der Waals surface area contributed by atoms with Crippen LogP contribution in [0.15, 0.2) is 35.3 Å². The van der Waals surface area contributed by atoms with Gasteiger partial charge in [-0.25, -0.2) is 0 Å². The summed E-state index contributed by atoms with van der Waals surface area (Å²) in [6.45, 7) is 0.316. The second kappa shape index (κ2) is 3.46. The first-order valence-corrected chi connectivity index (χ1v) is 5.64. The summed E-state index contributed by atoms with van der Waals surface area (Å²) < 4.78 is 2.21. The van der Waals surface area contributed by atoms with Gasteiger partial charge in [-0.05, 0) is 25.0 Å². The Bertz CT molecular complexity index is 596. The minimum absolute atomic E-state index is 0.0787. The Morgan fingerprint density at radius 1 is 1.31 bits per heavy atom. The van der Waals surface area contributed by atoms with E-state index in [0.717, 1.165) is 10.9 Å². The maximum absolute atomic E-state index is 12.1. The highest BCUT2D eigenvalue weighted by atomic mass is 16.1. The van der Waals surface area contributed by atoms with Crippen LogP contribution in [0.1, 0.15) is 24.4 Å². The van der Waals surface area contributed by atoms with E-state index in [4.69, 9.17) is 5.73 Å². The van der Waals surface area contributed by atoms with Crippen molar-refractivity contribution >= 4 is 10.9 Å². The van der Waals surface area contributed by atoms with Gasteiger partial charge in [0.15, 0.2) is 5.43 Å². The molecule has 0 radical (unpaired) electrons. The van der Waals surface area contributed by atoms with Crippen molar-refractivity contribution in [2.75, 3.05) is 0 Å². The maximum Gasteiger partial charge on any atom is 0.193 e. The van der Waals surface area contributed by atoms with E-state index in [2.05, 4.69) is 4.57 Å². The summed E-state index contributed by atoms with van der Waals surface area (Å²) >= 11 is 0. The van der Waals surface area contributed by atoms with E-state index in [1.807, 2.05) is 30.5 Å². The van der Waals surface area contributed by atoms with Gasteiger partial charge in [-0.2, -0.15) is 0 Å². The number of nitrogens with two attached hydrogens (primary N) is 1. The lowest BCUT2D eigenvalue weighted by Gasteiger charge is -2.11. The van der Waals surface area contributed by atoms with Gasteiger partial charge in [0.1, 0.15) is 0 Å². The predicted molar refractivity (Wildman–Crippen MR) is 64.4 cm³/mol. The number of nitrogens with zero attached hydrogens (tertiary/aromatic N) is 1. The minimum atomic E-state index is 0.0787. The molecule has 0 bridgehead atoms. The molecule has 16 heavy (non-hydrogen) atoms. The highest BCUT2D eigenvalue weighted by molar-refractivity contribution is 5.79. The van der Waals surface area contributed by atoms with Gasteiger partial charge in [-0.1, -0.05) is 12.1 Å². The molecule has 1 aliphatic carbocycles. The van der Waals surface area contributed by atoms with Crippen molar-refractivity contribution in [2.45, 2.75) is 25.4 Å². The molecule has 3 nitrogen and oxygen atoms in total. The fourth-order valence-electron chi connectivity index (χ4n) is 2.16. The smallest absolute Gasteiger partial charge is 0.193 e. The first kappa shape index (κ1) is 9.60. The highest BCUT2D eigenvalue weighted by Crippen LogP contribution is 2.36. The van der Waals surface area contributed by atoms with E-state index >= 15 is 0 Å². The number of para-hydroxylation sites is 1. The van der Waals surface area contributed by atoms with Crippen molar-refractivity contribution in [3.05, 3.63) is 46.2 Å². The van der Waals surface area contributed by atoms with Crippen molar-refractivity contribution in [3.8, 4) is 0 Å². The molecular formula is C13H14N2O. The minimum Gasteiger partial charge on any atom is -0.344 e. The first-order valence-electron chi connectivity index (χ1n) is 5.64. The summed E-state index contributed by atoms with van der Waals surface area (Å²) in [5.74, 6) is 0. The lowest BCUT2D eigenvalue weighted by molar-refractivity contribution is 0.756. The van der Waals surface area contributed by atoms with E-state index in [0.29, 0.717) is 18.2 Å². The molecule has 0 aliphatic heterocycles. The van der Waals surface area contributed by atoms with Gasteiger partial charge in [0.05, 0.1) is 5.52 Å². The summed E-state index contributed by atoms with van der Waals surface area (Å²) in [5.41, 5.74) is 7.44. The zero-order chi connectivity index (χ0) is 11.1. The lowest BCUT2D eigenvalue weighted by atomic mass is 10.1. The summed E-state index contributed by atoms with van der Waals surface area (Å²) in [5, 5.41) is 0.789. The van der Waals surface area contributed by atoms with Crippen LogP contribution in [-0.2, 0) is 6.54 Å². The van der Waals surface area contributed by atoms with Crippen LogP contribution in [0.5, 0.6) is 0 Å². The molecule has 0 spiro atoms. The van der Waals surface area contributed by atoms with Crippen LogP contribution in [0.3, 0.4) is 0 Å². The van der Waals surface area contributed by atoms with Gasteiger partial charge >= 0.3 is 0 Å². The second-order valence-electron chi connectivity index (χ2n) is 4.34. The third-order valence-corrected chi connectivity index (χ3v) is 3.17. The summed E-state index contributed by atoms with van der Waals surface area (Å²) in [6, 6.07) is 8.34. The first-order chi connectivity index (χ1) is 7.81. The van der Waals surface area contributed by atoms with Crippen molar-refractivity contribution in [2.24, 2.45) is 5.73 Å². The Morgan fingerprint density at radius 2 is 2.06 bits per heavy atom. The van der Waals surface area contributed by atoms with Gasteiger partial charge in [-0.3, -0.25) is 4.79 Å². The predicted octanol–water partition coefficient (Wildman–Crippen LogP) is 1.80. The molecule has 1 fully saturated rings. The molecule has 1 aromatic heterocycles. The van der Waals surface area contributed by atoms with Gasteiger partial charge in [0.2, 0.25) is 0 Å². The number of fused-ring (bicyclic) bond motifs is 1. The molecule has 82 valence electrons. The van der Waals surface area contributed by atoms with Gasteiger partial charge in [-0.15, -0.1) is 0 Å². The van der Waals surface area contributed by atoms with Crippen LogP contribution in [0.25, 0.3) is 10.9 Å². The monoisotopic (exact) mass is 214 g/mol. The molecule has 3 rings (SSSR count). The Morgan fingerprint density at radius 3 is 2.75 bits per heavy atom. The molecule has 2 N–H and O–H groups in total. The molecule has 2 aromatic rings. The Kier molecular flexibility index (Phi) is 2.07. The fourth-order valence-corrected chi connectivity index (χ4v) is 2.16. The Labute approximate surface area is 93.5 Å². The van der Waals surface area contributed by atoms with Gasteiger partial charge < -0.3 is 10.3 Å². The molecule has 0 atom stereocenters. The molecule has 3 heteroatoms. The van der Waals surface area contributed by atoms with Gasteiger partial charge in [0, 0.05) is 29.7 Å². The maximum atomic E-state index is 12.1. The largest absolute Gasteiger partial charge is 0.344 e. The van der Waals surface area contributed by atoms with Crippen molar-refractivity contribution in [1.82, 2.24) is 4.57 Å². The van der Waals surface area contributed by atoms with Crippen molar-refractivity contribution in [1.29, 1.82) is 0 Å². The molecule has 0 amide bonds. The van der Waals surface area contributed by atoms with Gasteiger partial charge in [0.25, 0.3) is 0 Å². The van der Waals surface area contributed by atoms with E-state index in [1.54, 1.807) is 0 Å². The third kappa shape index (κ3) is 1.36. The molecule has 1 aliphatic rings. The zero-order valence-corrected chi connectivity index (χ0v) is 9.02. The standard InChI is InChI=1S/C13H14N2O/c14-7-9-8-15(10-5-6-10)12-4-2-1-3-11(12)13(9)16/h1-4,8,10H,5-7,14H2. The number of hydrogen-bond acceptors (Lipinski definition) is 2. The Balaban J connectivity index is 2.40. The highest BCUT2D eigenvalue weighted by Gasteiger charge is 2.24. The zero-order valence-electron chi connectivity index (χ0n) is 9.02. The Hall–Kier alpha value is -1.61. The van der Waals surface area contributed by atoms with Crippen LogP contribution in [-0.4, -0.2) is 4.57 Å². The average molecular weight is 214 g/mol. The normalized spacial score (nSPS) is 15.6. The number of benzene rings is 1. The summed E-state index contributed by atoms with van der Waals surface area (Å²) in [7, 11) is 0. The number of aromatic nitrogens is 1. The van der Waals surface area contributed by atoms with E-state index in [-0.39, 0.29) is 5.43 Å². The van der Waals surface area contributed by atoms with Crippen molar-refractivity contribution < 1.29 is 0 Å². The van der Waals surface area contributed by atoms with Crippen LogP contribution in [0.2, 0.25) is 0 Å². The summed E-state index contributed by atoms with van der Waals surface area (Å²) in [6.07, 6.45) is 4.34. The molecule has 1 saturated carbocycles. The van der Waals surface area contributed by atoms with E-state index in [1.165, 1.54) is 12.8 Å².